The first-order valence-electron chi connectivity index (χ1n) is 10.2. The minimum absolute atomic E-state index is 0.0469. The molecule has 0 unspecified atom stereocenters. The molecule has 2 aromatic carbocycles. The predicted octanol–water partition coefficient (Wildman–Crippen LogP) is 5.26. The van der Waals surface area contributed by atoms with Gasteiger partial charge in [0, 0.05) is 30.0 Å². The quantitative estimate of drug-likeness (QED) is 0.520. The van der Waals surface area contributed by atoms with Crippen LogP contribution in [0.3, 0.4) is 0 Å². The minimum Gasteiger partial charge on any atom is -0.396 e. The summed E-state index contributed by atoms with van der Waals surface area (Å²) in [5, 5.41) is 11.4. The standard InChI is InChI=1S/C22H23ClF3NO4S/c23-16-6-5-14(21(29)27-15-12-17(24)20(26)18(25)13-15)11-19(16)32(30,31)22(9-4-10-28)7-2-1-3-8-22/h5-6,11-13,28H,1-4,7-10H2,(H,27,29). The van der Waals surface area contributed by atoms with Crippen molar-refractivity contribution in [3.63, 3.8) is 0 Å². The number of amides is 1. The Bertz CT molecular complexity index is 1100. The Balaban J connectivity index is 1.96. The smallest absolute Gasteiger partial charge is 0.255 e. The number of sulfone groups is 1. The first-order valence-corrected chi connectivity index (χ1v) is 12.1. The van der Waals surface area contributed by atoms with Crippen molar-refractivity contribution < 1.29 is 31.5 Å². The molecule has 0 atom stereocenters. The van der Waals surface area contributed by atoms with E-state index in [0.717, 1.165) is 25.3 Å². The lowest BCUT2D eigenvalue weighted by molar-refractivity contribution is 0.102. The van der Waals surface area contributed by atoms with Crippen LogP contribution in [0.5, 0.6) is 0 Å². The molecule has 0 spiro atoms. The zero-order valence-corrected chi connectivity index (χ0v) is 18.7. The van der Waals surface area contributed by atoms with E-state index in [9.17, 15) is 31.5 Å². The highest BCUT2D eigenvalue weighted by atomic mass is 35.5. The molecule has 1 aliphatic rings. The van der Waals surface area contributed by atoms with Crippen molar-refractivity contribution in [3.8, 4) is 0 Å². The largest absolute Gasteiger partial charge is 0.396 e. The lowest BCUT2D eigenvalue weighted by Crippen LogP contribution is -2.41. The summed E-state index contributed by atoms with van der Waals surface area (Å²) in [5.74, 6) is -5.44. The van der Waals surface area contributed by atoms with Crippen molar-refractivity contribution in [2.75, 3.05) is 11.9 Å². The van der Waals surface area contributed by atoms with Gasteiger partial charge in [0.2, 0.25) is 0 Å². The third-order valence-electron chi connectivity index (χ3n) is 5.85. The molecule has 0 aliphatic heterocycles. The van der Waals surface area contributed by atoms with E-state index in [1.807, 2.05) is 0 Å². The van der Waals surface area contributed by atoms with E-state index in [2.05, 4.69) is 5.32 Å². The molecule has 2 aromatic rings. The highest BCUT2D eigenvalue weighted by Gasteiger charge is 2.45. The maximum atomic E-state index is 13.7. The normalized spacial score (nSPS) is 16.0. The van der Waals surface area contributed by atoms with Gasteiger partial charge in [-0.25, -0.2) is 21.6 Å². The van der Waals surface area contributed by atoms with Crippen LogP contribution >= 0.6 is 11.6 Å². The molecular formula is C22H23ClF3NO4S. The van der Waals surface area contributed by atoms with E-state index >= 15 is 0 Å². The number of anilines is 1. The van der Waals surface area contributed by atoms with Gasteiger partial charge in [0.1, 0.15) is 0 Å². The molecule has 1 saturated carbocycles. The number of benzene rings is 2. The van der Waals surface area contributed by atoms with Crippen molar-refractivity contribution >= 4 is 33.0 Å². The van der Waals surface area contributed by atoms with Crippen LogP contribution in [0.1, 0.15) is 55.3 Å². The molecule has 0 aromatic heterocycles. The fourth-order valence-electron chi connectivity index (χ4n) is 4.17. The van der Waals surface area contributed by atoms with Crippen LogP contribution in [0.4, 0.5) is 18.9 Å². The first kappa shape index (κ1) is 24.5. The third kappa shape index (κ3) is 4.79. The molecule has 3 rings (SSSR count). The lowest BCUT2D eigenvalue weighted by Gasteiger charge is -2.37. The van der Waals surface area contributed by atoms with Gasteiger partial charge in [-0.1, -0.05) is 30.9 Å². The van der Waals surface area contributed by atoms with Crippen LogP contribution in [-0.4, -0.2) is 30.8 Å². The number of nitrogens with one attached hydrogen (secondary N) is 1. The molecule has 174 valence electrons. The Labute approximate surface area is 189 Å². The fraction of sp³-hybridized carbons (Fsp3) is 0.409. The molecule has 0 bridgehead atoms. The van der Waals surface area contributed by atoms with Gasteiger partial charge in [-0.05, 0) is 43.9 Å². The topological polar surface area (TPSA) is 83.5 Å². The second-order valence-electron chi connectivity index (χ2n) is 7.93. The van der Waals surface area contributed by atoms with Crippen LogP contribution < -0.4 is 5.32 Å². The molecule has 0 saturated heterocycles. The van der Waals surface area contributed by atoms with Gasteiger partial charge in [-0.3, -0.25) is 4.79 Å². The molecular weight excluding hydrogens is 467 g/mol. The maximum absolute atomic E-state index is 13.7. The molecule has 1 amide bonds. The summed E-state index contributed by atoms with van der Waals surface area (Å²) in [6.07, 6.45) is 3.81. The first-order chi connectivity index (χ1) is 15.1. The van der Waals surface area contributed by atoms with Crippen LogP contribution in [-0.2, 0) is 9.84 Å². The number of rotatable bonds is 7. The van der Waals surface area contributed by atoms with E-state index in [1.54, 1.807) is 0 Å². The lowest BCUT2D eigenvalue weighted by atomic mass is 9.85. The summed E-state index contributed by atoms with van der Waals surface area (Å²) in [6, 6.07) is 4.94. The molecule has 2 N–H and O–H groups in total. The average Bonchev–Trinajstić information content (AvgIpc) is 2.76. The summed E-state index contributed by atoms with van der Waals surface area (Å²) < 4.78 is 66.2. The Kier molecular flexibility index (Phi) is 7.52. The number of aliphatic hydroxyl groups excluding tert-OH is 1. The summed E-state index contributed by atoms with van der Waals surface area (Å²) in [4.78, 5) is 12.4. The van der Waals surface area contributed by atoms with E-state index in [4.69, 9.17) is 11.6 Å². The molecule has 32 heavy (non-hydrogen) atoms. The summed E-state index contributed by atoms with van der Waals surface area (Å²) in [5.41, 5.74) is -0.413. The van der Waals surface area contributed by atoms with E-state index < -0.39 is 37.9 Å². The Hall–Kier alpha value is -2.10. The van der Waals surface area contributed by atoms with Gasteiger partial charge in [-0.15, -0.1) is 0 Å². The molecule has 0 radical (unpaired) electrons. The van der Waals surface area contributed by atoms with Crippen molar-refractivity contribution in [2.45, 2.75) is 54.6 Å². The Morgan fingerprint density at radius 2 is 1.69 bits per heavy atom. The van der Waals surface area contributed by atoms with E-state index in [0.29, 0.717) is 31.4 Å². The number of carbonyl (C=O) groups is 1. The number of carbonyl (C=O) groups excluding carboxylic acids is 1. The SMILES string of the molecule is O=C(Nc1cc(F)c(F)c(F)c1)c1ccc(Cl)c(S(=O)(=O)C2(CCCO)CCCCC2)c1. The van der Waals surface area contributed by atoms with Gasteiger partial charge < -0.3 is 10.4 Å². The van der Waals surface area contributed by atoms with Crippen molar-refractivity contribution in [1.29, 1.82) is 0 Å². The second kappa shape index (κ2) is 9.80. The summed E-state index contributed by atoms with van der Waals surface area (Å²) in [7, 11) is -3.97. The number of halogens is 4. The van der Waals surface area contributed by atoms with Crippen molar-refractivity contribution in [1.82, 2.24) is 0 Å². The molecule has 10 heteroatoms. The van der Waals surface area contributed by atoms with Crippen LogP contribution in [0.2, 0.25) is 5.02 Å². The molecule has 5 nitrogen and oxygen atoms in total. The van der Waals surface area contributed by atoms with Gasteiger partial charge in [0.15, 0.2) is 27.3 Å². The summed E-state index contributed by atoms with van der Waals surface area (Å²) >= 11 is 6.22. The monoisotopic (exact) mass is 489 g/mol. The van der Waals surface area contributed by atoms with Gasteiger partial charge in [-0.2, -0.15) is 0 Å². The van der Waals surface area contributed by atoms with E-state index in [-0.39, 0.29) is 34.2 Å². The Morgan fingerprint density at radius 3 is 2.28 bits per heavy atom. The highest BCUT2D eigenvalue weighted by molar-refractivity contribution is 7.93. The number of aliphatic hydroxyl groups is 1. The average molecular weight is 490 g/mol. The Morgan fingerprint density at radius 1 is 1.06 bits per heavy atom. The van der Waals surface area contributed by atoms with E-state index in [1.165, 1.54) is 12.1 Å². The zero-order valence-electron chi connectivity index (χ0n) is 17.1. The predicted molar refractivity (Wildman–Crippen MR) is 115 cm³/mol. The molecule has 0 heterocycles. The molecule has 1 aliphatic carbocycles. The minimum atomic E-state index is -3.97. The number of hydrogen-bond donors (Lipinski definition) is 2. The summed E-state index contributed by atoms with van der Waals surface area (Å²) in [6.45, 7) is -0.141. The zero-order chi connectivity index (χ0) is 23.5. The van der Waals surface area contributed by atoms with Gasteiger partial charge in [0.25, 0.3) is 5.91 Å². The maximum Gasteiger partial charge on any atom is 0.255 e. The van der Waals surface area contributed by atoms with Crippen molar-refractivity contribution in [3.05, 3.63) is 58.4 Å². The highest BCUT2D eigenvalue weighted by Crippen LogP contribution is 2.44. The third-order valence-corrected chi connectivity index (χ3v) is 8.96. The van der Waals surface area contributed by atoms with Crippen molar-refractivity contribution in [2.24, 2.45) is 0 Å². The van der Waals surface area contributed by atoms with Crippen LogP contribution in [0, 0.1) is 17.5 Å². The van der Waals surface area contributed by atoms with Gasteiger partial charge in [0.05, 0.1) is 14.7 Å². The van der Waals surface area contributed by atoms with Crippen LogP contribution in [0.25, 0.3) is 0 Å². The molecule has 1 fully saturated rings. The van der Waals surface area contributed by atoms with Gasteiger partial charge >= 0.3 is 0 Å². The number of hydrogen-bond acceptors (Lipinski definition) is 4. The fourth-order valence-corrected chi connectivity index (χ4v) is 6.90. The second-order valence-corrected chi connectivity index (χ2v) is 10.6. The van der Waals surface area contributed by atoms with Crippen LogP contribution in [0.15, 0.2) is 35.2 Å².